The van der Waals surface area contributed by atoms with Crippen LogP contribution in [-0.2, 0) is 17.9 Å². The molecule has 1 amide bonds. The van der Waals surface area contributed by atoms with Crippen LogP contribution in [0.25, 0.3) is 22.1 Å². The molecular weight excluding hydrogens is 528 g/mol. The summed E-state index contributed by atoms with van der Waals surface area (Å²) in [6.07, 6.45) is 3.30. The van der Waals surface area contributed by atoms with Gasteiger partial charge in [-0.3, -0.25) is 9.69 Å². The second kappa shape index (κ2) is 12.8. The van der Waals surface area contributed by atoms with Gasteiger partial charge in [0.25, 0.3) is 0 Å². The molecule has 0 spiro atoms. The number of thioether (sulfide) groups is 1. The number of rotatable bonds is 10. The minimum absolute atomic E-state index is 0.139. The average molecular weight is 565 g/mol. The van der Waals surface area contributed by atoms with E-state index in [9.17, 15) is 4.79 Å². The minimum atomic E-state index is 0.139. The van der Waals surface area contributed by atoms with Gasteiger partial charge in [0.05, 0.1) is 5.52 Å². The Kier molecular flexibility index (Phi) is 8.58. The number of benzene rings is 3. The summed E-state index contributed by atoms with van der Waals surface area (Å²) in [4.78, 5) is 20.0. The van der Waals surface area contributed by atoms with E-state index in [1.165, 1.54) is 16.7 Å². The number of hydrogen-bond acceptors (Lipinski definition) is 6. The van der Waals surface area contributed by atoms with Gasteiger partial charge in [0.1, 0.15) is 5.52 Å². The van der Waals surface area contributed by atoms with E-state index < -0.39 is 0 Å². The molecule has 1 saturated heterocycles. The van der Waals surface area contributed by atoms with Crippen LogP contribution in [0.3, 0.4) is 0 Å². The normalized spacial score (nSPS) is 14.6. The lowest BCUT2D eigenvalue weighted by Crippen LogP contribution is -2.44. The number of carbonyl (C=O) groups excluding carboxylic acids is 1. The van der Waals surface area contributed by atoms with E-state index in [-0.39, 0.29) is 11.9 Å². The maximum atomic E-state index is 12.6. The number of likely N-dealkylation sites (tertiary alicyclic amines) is 1. The first-order valence-corrected chi connectivity index (χ1v) is 15.5. The van der Waals surface area contributed by atoms with Crippen LogP contribution in [0.1, 0.15) is 42.4 Å². The molecule has 1 aliphatic rings. The van der Waals surface area contributed by atoms with Gasteiger partial charge in [0.15, 0.2) is 5.65 Å². The summed E-state index contributed by atoms with van der Waals surface area (Å²) in [7, 11) is 0. The fraction of sp³-hybridized carbons (Fsp3) is 0.333. The van der Waals surface area contributed by atoms with Crippen molar-refractivity contribution in [2.24, 2.45) is 0 Å². The number of para-hydroxylation sites is 1. The zero-order valence-electron chi connectivity index (χ0n) is 23.5. The topological polar surface area (TPSA) is 75.9 Å². The molecule has 210 valence electrons. The molecule has 0 atom stereocenters. The third-order valence-electron chi connectivity index (χ3n) is 7.76. The van der Waals surface area contributed by atoms with Crippen molar-refractivity contribution in [2.75, 3.05) is 18.8 Å². The first-order chi connectivity index (χ1) is 20.1. The van der Waals surface area contributed by atoms with Crippen molar-refractivity contribution in [1.82, 2.24) is 30.0 Å². The molecule has 7 nitrogen and oxygen atoms in total. The first kappa shape index (κ1) is 27.4. The molecule has 2 aromatic heterocycles. The molecule has 3 heterocycles. The first-order valence-electron chi connectivity index (χ1n) is 14.5. The van der Waals surface area contributed by atoms with Crippen molar-refractivity contribution < 1.29 is 4.79 Å². The minimum Gasteiger partial charge on any atom is -0.353 e. The largest absolute Gasteiger partial charge is 0.353 e. The fourth-order valence-electron chi connectivity index (χ4n) is 5.68. The highest BCUT2D eigenvalue weighted by molar-refractivity contribution is 7.99. The van der Waals surface area contributed by atoms with Gasteiger partial charge in [-0.25, -0.2) is 4.98 Å². The number of carbonyl (C=O) groups is 1. The van der Waals surface area contributed by atoms with E-state index in [4.69, 9.17) is 4.98 Å². The Morgan fingerprint density at radius 2 is 1.71 bits per heavy atom. The Labute approximate surface area is 245 Å². The Hall–Kier alpha value is -3.75. The van der Waals surface area contributed by atoms with Gasteiger partial charge < -0.3 is 9.88 Å². The maximum Gasteiger partial charge on any atom is 0.220 e. The molecular formula is C33H36N6OS. The number of nitrogens with one attached hydrogen (secondary N) is 1. The lowest BCUT2D eigenvalue weighted by Gasteiger charge is -2.32. The van der Waals surface area contributed by atoms with E-state index in [1.54, 1.807) is 11.8 Å². The second-order valence-electron chi connectivity index (χ2n) is 10.9. The molecule has 6 rings (SSSR count). The van der Waals surface area contributed by atoms with Crippen LogP contribution in [0.5, 0.6) is 0 Å². The van der Waals surface area contributed by atoms with Crippen LogP contribution in [-0.4, -0.2) is 55.4 Å². The zero-order chi connectivity index (χ0) is 28.0. The van der Waals surface area contributed by atoms with E-state index in [1.807, 2.05) is 6.07 Å². The van der Waals surface area contributed by atoms with Crippen LogP contribution in [0.15, 0.2) is 84.0 Å². The summed E-state index contributed by atoms with van der Waals surface area (Å²) in [6, 6.07) is 27.7. The Morgan fingerprint density at radius 3 is 2.54 bits per heavy atom. The fourth-order valence-corrected chi connectivity index (χ4v) is 6.40. The molecule has 0 unspecified atom stereocenters. The third-order valence-corrected chi connectivity index (χ3v) is 8.68. The summed E-state index contributed by atoms with van der Waals surface area (Å²) in [6.45, 7) is 5.85. The smallest absolute Gasteiger partial charge is 0.220 e. The summed E-state index contributed by atoms with van der Waals surface area (Å²) in [5, 5.41) is 14.0. The van der Waals surface area contributed by atoms with Crippen molar-refractivity contribution in [3.05, 3.63) is 95.6 Å². The number of amides is 1. The van der Waals surface area contributed by atoms with Gasteiger partial charge in [0.2, 0.25) is 11.1 Å². The average Bonchev–Trinajstić information content (AvgIpc) is 3.29. The summed E-state index contributed by atoms with van der Waals surface area (Å²) in [5.41, 5.74) is 6.60. The molecule has 1 aliphatic heterocycles. The molecule has 0 bridgehead atoms. The molecule has 0 saturated carbocycles. The van der Waals surface area contributed by atoms with Crippen molar-refractivity contribution in [1.29, 1.82) is 0 Å². The second-order valence-corrected chi connectivity index (χ2v) is 12.0. The maximum absolute atomic E-state index is 12.6. The molecule has 0 radical (unpaired) electrons. The molecule has 1 N–H and O–H groups in total. The van der Waals surface area contributed by atoms with Gasteiger partial charge in [0, 0.05) is 49.8 Å². The van der Waals surface area contributed by atoms with Gasteiger partial charge in [-0.15, -0.1) is 10.2 Å². The highest BCUT2D eigenvalue weighted by atomic mass is 32.2. The number of aryl methyl sites for hydroxylation is 1. The SMILES string of the molecule is Cc1cccc(Cn2c3ccccc3c3nnc(SCCCC(=O)NC4CCN(Cc5ccccc5)CC4)nc32)c1. The van der Waals surface area contributed by atoms with Crippen molar-refractivity contribution in [2.45, 2.75) is 56.9 Å². The summed E-state index contributed by atoms with van der Waals surface area (Å²) >= 11 is 1.57. The van der Waals surface area contributed by atoms with E-state index in [2.05, 4.69) is 105 Å². The summed E-state index contributed by atoms with van der Waals surface area (Å²) < 4.78 is 2.23. The molecule has 3 aromatic carbocycles. The van der Waals surface area contributed by atoms with Crippen molar-refractivity contribution in [3.63, 3.8) is 0 Å². The predicted octanol–water partition coefficient (Wildman–Crippen LogP) is 5.99. The lowest BCUT2D eigenvalue weighted by atomic mass is 10.0. The van der Waals surface area contributed by atoms with Crippen molar-refractivity contribution >= 4 is 39.7 Å². The standard InChI is InChI=1S/C33H36N6OS/c1-24-9-7-12-26(21-24)23-39-29-14-6-5-13-28(29)31-32(39)35-33(37-36-31)41-20-8-15-30(40)34-27-16-18-38(19-17-27)22-25-10-3-2-4-11-25/h2-7,9-14,21,27H,8,15-20,22-23H2,1H3,(H,34,40). The van der Waals surface area contributed by atoms with Crippen LogP contribution >= 0.6 is 11.8 Å². The molecule has 0 aliphatic carbocycles. The van der Waals surface area contributed by atoms with Gasteiger partial charge in [-0.2, -0.15) is 0 Å². The lowest BCUT2D eigenvalue weighted by molar-refractivity contribution is -0.122. The number of hydrogen-bond donors (Lipinski definition) is 1. The monoisotopic (exact) mass is 564 g/mol. The third kappa shape index (κ3) is 6.77. The van der Waals surface area contributed by atoms with Gasteiger partial charge in [-0.1, -0.05) is 90.1 Å². The number of piperidine rings is 1. The highest BCUT2D eigenvalue weighted by Gasteiger charge is 2.21. The number of aromatic nitrogens is 4. The Bertz CT molecular complexity index is 1630. The predicted molar refractivity (Wildman–Crippen MR) is 166 cm³/mol. The molecule has 1 fully saturated rings. The van der Waals surface area contributed by atoms with E-state index in [0.717, 1.165) is 73.3 Å². The van der Waals surface area contributed by atoms with Crippen LogP contribution in [0.4, 0.5) is 0 Å². The van der Waals surface area contributed by atoms with Gasteiger partial charge in [-0.05, 0) is 43.4 Å². The van der Waals surface area contributed by atoms with E-state index in [0.29, 0.717) is 11.6 Å². The van der Waals surface area contributed by atoms with Crippen LogP contribution in [0, 0.1) is 6.92 Å². The number of fused-ring (bicyclic) bond motifs is 3. The Morgan fingerprint density at radius 1 is 0.927 bits per heavy atom. The van der Waals surface area contributed by atoms with E-state index >= 15 is 0 Å². The van der Waals surface area contributed by atoms with Crippen LogP contribution in [0.2, 0.25) is 0 Å². The Balaban J connectivity index is 1.01. The quantitative estimate of drug-likeness (QED) is 0.166. The molecule has 41 heavy (non-hydrogen) atoms. The van der Waals surface area contributed by atoms with Gasteiger partial charge >= 0.3 is 0 Å². The number of nitrogens with zero attached hydrogens (tertiary/aromatic N) is 5. The molecule has 8 heteroatoms. The molecule has 5 aromatic rings. The summed E-state index contributed by atoms with van der Waals surface area (Å²) in [5.74, 6) is 0.911. The highest BCUT2D eigenvalue weighted by Crippen LogP contribution is 2.28. The van der Waals surface area contributed by atoms with Crippen molar-refractivity contribution in [3.8, 4) is 0 Å². The van der Waals surface area contributed by atoms with Crippen LogP contribution < -0.4 is 5.32 Å². The zero-order valence-corrected chi connectivity index (χ0v) is 24.3.